The van der Waals surface area contributed by atoms with Crippen molar-refractivity contribution in [1.29, 1.82) is 0 Å². The molecule has 0 saturated carbocycles. The summed E-state index contributed by atoms with van der Waals surface area (Å²) in [4.78, 5) is 11.8. The lowest BCUT2D eigenvalue weighted by molar-refractivity contribution is 0.100. The zero-order valence-corrected chi connectivity index (χ0v) is 10.7. The van der Waals surface area contributed by atoms with Crippen molar-refractivity contribution < 1.29 is 14.3 Å². The number of benzene rings is 1. The topological polar surface area (TPSA) is 35.5 Å². The summed E-state index contributed by atoms with van der Waals surface area (Å²) < 4.78 is 10.4. The van der Waals surface area contributed by atoms with Crippen molar-refractivity contribution >= 4 is 28.4 Å². The molecule has 0 aromatic heterocycles. The van der Waals surface area contributed by atoms with Crippen molar-refractivity contribution in [3.63, 3.8) is 0 Å². The quantitative estimate of drug-likeness (QED) is 0.620. The summed E-state index contributed by atoms with van der Waals surface area (Å²) in [5.74, 6) is 1.50. The molecule has 1 unspecified atom stereocenters. The number of methoxy groups -OCH3 is 2. The Morgan fingerprint density at radius 1 is 1.27 bits per heavy atom. The second-order valence-corrected chi connectivity index (χ2v) is 4.90. The second kappa shape index (κ2) is 4.00. The van der Waals surface area contributed by atoms with E-state index in [0.29, 0.717) is 11.5 Å². The van der Waals surface area contributed by atoms with Gasteiger partial charge in [0.05, 0.1) is 18.1 Å². The number of halogens is 1. The minimum absolute atomic E-state index is 0.0504. The maximum absolute atomic E-state index is 11.8. The molecule has 0 saturated heterocycles. The molecule has 0 radical (unpaired) electrons. The summed E-state index contributed by atoms with van der Waals surface area (Å²) >= 11 is 2.17. The van der Waals surface area contributed by atoms with E-state index in [1.54, 1.807) is 20.3 Å². The molecule has 1 aromatic rings. The normalized spacial score (nSPS) is 18.9. The van der Waals surface area contributed by atoms with Crippen LogP contribution in [0, 0.1) is 0 Å². The molecule has 3 nitrogen and oxygen atoms in total. The number of rotatable bonds is 2. The Hall–Kier alpha value is -0.780. The molecular formula is C11H11IO3. The molecular weight excluding hydrogens is 307 g/mol. The lowest BCUT2D eigenvalue weighted by Gasteiger charge is -2.09. The molecule has 0 fully saturated rings. The highest BCUT2D eigenvalue weighted by Crippen LogP contribution is 2.36. The van der Waals surface area contributed by atoms with Gasteiger partial charge in [-0.05, 0) is 24.1 Å². The molecule has 1 atom stereocenters. The fourth-order valence-electron chi connectivity index (χ4n) is 1.77. The number of Topliss-reactive ketones (excluding diaryl/α,β-unsaturated/α-hetero) is 1. The predicted octanol–water partition coefficient (Wildman–Crippen LogP) is 2.25. The lowest BCUT2D eigenvalue weighted by atomic mass is 10.1. The van der Waals surface area contributed by atoms with Crippen LogP contribution < -0.4 is 9.47 Å². The molecule has 1 aliphatic rings. The number of ketones is 1. The first-order valence-electron chi connectivity index (χ1n) is 4.60. The minimum Gasteiger partial charge on any atom is -0.493 e. The first-order chi connectivity index (χ1) is 7.17. The fourth-order valence-corrected chi connectivity index (χ4v) is 2.58. The molecule has 2 rings (SSSR count). The predicted molar refractivity (Wildman–Crippen MR) is 65.4 cm³/mol. The van der Waals surface area contributed by atoms with Gasteiger partial charge in [0.2, 0.25) is 0 Å². The van der Waals surface area contributed by atoms with Gasteiger partial charge in [0.25, 0.3) is 0 Å². The van der Waals surface area contributed by atoms with E-state index < -0.39 is 0 Å². The highest BCUT2D eigenvalue weighted by Gasteiger charge is 2.29. The van der Waals surface area contributed by atoms with Crippen molar-refractivity contribution in [2.24, 2.45) is 0 Å². The largest absolute Gasteiger partial charge is 0.493 e. The van der Waals surface area contributed by atoms with Crippen LogP contribution in [0.25, 0.3) is 0 Å². The maximum Gasteiger partial charge on any atom is 0.176 e. The van der Waals surface area contributed by atoms with E-state index >= 15 is 0 Å². The van der Waals surface area contributed by atoms with Crippen LogP contribution in [0.5, 0.6) is 11.5 Å². The number of hydrogen-bond donors (Lipinski definition) is 0. The van der Waals surface area contributed by atoms with Crippen LogP contribution in [0.4, 0.5) is 0 Å². The van der Waals surface area contributed by atoms with Gasteiger partial charge < -0.3 is 9.47 Å². The molecule has 15 heavy (non-hydrogen) atoms. The van der Waals surface area contributed by atoms with Crippen molar-refractivity contribution in [2.75, 3.05) is 14.2 Å². The third-order valence-electron chi connectivity index (χ3n) is 2.56. The number of alkyl halides is 1. The number of carbonyl (C=O) groups is 1. The Bertz CT molecular complexity index is 415. The van der Waals surface area contributed by atoms with Gasteiger partial charge >= 0.3 is 0 Å². The first kappa shape index (κ1) is 10.7. The zero-order valence-electron chi connectivity index (χ0n) is 8.54. The van der Waals surface area contributed by atoms with E-state index in [1.165, 1.54) is 0 Å². The zero-order chi connectivity index (χ0) is 11.0. The van der Waals surface area contributed by atoms with Gasteiger partial charge in [-0.15, -0.1) is 0 Å². The molecule has 0 heterocycles. The molecule has 1 aromatic carbocycles. The summed E-state index contributed by atoms with van der Waals surface area (Å²) in [6.45, 7) is 0. The lowest BCUT2D eigenvalue weighted by Crippen LogP contribution is -2.05. The molecule has 1 aliphatic carbocycles. The SMILES string of the molecule is COc1cc2c(cc1OC)C(=O)C(I)C2. The summed E-state index contributed by atoms with van der Waals surface area (Å²) in [6, 6.07) is 3.67. The fraction of sp³-hybridized carbons (Fsp3) is 0.364. The van der Waals surface area contributed by atoms with E-state index in [1.807, 2.05) is 6.07 Å². The van der Waals surface area contributed by atoms with Crippen LogP contribution in [0.3, 0.4) is 0 Å². The third-order valence-corrected chi connectivity index (χ3v) is 3.56. The summed E-state index contributed by atoms with van der Waals surface area (Å²) in [5.41, 5.74) is 1.82. The van der Waals surface area contributed by atoms with E-state index in [2.05, 4.69) is 22.6 Å². The van der Waals surface area contributed by atoms with Crippen LogP contribution in [0.2, 0.25) is 0 Å². The van der Waals surface area contributed by atoms with Gasteiger partial charge in [0, 0.05) is 5.56 Å². The van der Waals surface area contributed by atoms with Crippen LogP contribution in [-0.2, 0) is 6.42 Å². The molecule has 0 aliphatic heterocycles. The molecule has 0 amide bonds. The van der Waals surface area contributed by atoms with Crippen molar-refractivity contribution in [1.82, 2.24) is 0 Å². The van der Waals surface area contributed by atoms with Crippen molar-refractivity contribution in [3.8, 4) is 11.5 Å². The average Bonchev–Trinajstić information content (AvgIpc) is 2.53. The maximum atomic E-state index is 11.8. The van der Waals surface area contributed by atoms with Gasteiger partial charge in [0.15, 0.2) is 17.3 Å². The van der Waals surface area contributed by atoms with E-state index in [9.17, 15) is 4.79 Å². The molecule has 0 spiro atoms. The van der Waals surface area contributed by atoms with Gasteiger partial charge in [0.1, 0.15) is 0 Å². The Morgan fingerprint density at radius 3 is 2.47 bits per heavy atom. The minimum atomic E-state index is 0.0504. The average molecular weight is 318 g/mol. The molecule has 0 N–H and O–H groups in total. The summed E-state index contributed by atoms with van der Waals surface area (Å²) in [5, 5.41) is 0. The number of hydrogen-bond acceptors (Lipinski definition) is 3. The number of carbonyl (C=O) groups excluding carboxylic acids is 1. The Kier molecular flexibility index (Phi) is 2.86. The Balaban J connectivity index is 2.53. The highest BCUT2D eigenvalue weighted by atomic mass is 127. The van der Waals surface area contributed by atoms with E-state index in [0.717, 1.165) is 17.5 Å². The summed E-state index contributed by atoms with van der Waals surface area (Å²) in [6.07, 6.45) is 0.787. The van der Waals surface area contributed by atoms with Crippen LogP contribution >= 0.6 is 22.6 Å². The standard InChI is InChI=1S/C11H11IO3/c1-14-9-4-6-3-8(12)11(13)7(6)5-10(9)15-2/h4-5,8H,3H2,1-2H3. The van der Waals surface area contributed by atoms with Gasteiger partial charge in [-0.2, -0.15) is 0 Å². The van der Waals surface area contributed by atoms with Crippen LogP contribution in [0.1, 0.15) is 15.9 Å². The van der Waals surface area contributed by atoms with E-state index in [-0.39, 0.29) is 9.71 Å². The van der Waals surface area contributed by atoms with Crippen LogP contribution in [-0.4, -0.2) is 23.9 Å². The smallest absolute Gasteiger partial charge is 0.176 e. The summed E-state index contributed by atoms with van der Waals surface area (Å²) in [7, 11) is 3.17. The second-order valence-electron chi connectivity index (χ2n) is 3.40. The van der Waals surface area contributed by atoms with E-state index in [4.69, 9.17) is 9.47 Å². The molecule has 80 valence electrons. The number of ether oxygens (including phenoxy) is 2. The molecule has 4 heteroatoms. The van der Waals surface area contributed by atoms with Crippen LogP contribution in [0.15, 0.2) is 12.1 Å². The number of fused-ring (bicyclic) bond motifs is 1. The highest BCUT2D eigenvalue weighted by molar-refractivity contribution is 14.1. The Labute approximate surface area is 102 Å². The third kappa shape index (κ3) is 1.71. The Morgan fingerprint density at radius 2 is 1.87 bits per heavy atom. The first-order valence-corrected chi connectivity index (χ1v) is 5.85. The molecule has 0 bridgehead atoms. The van der Waals surface area contributed by atoms with Gasteiger partial charge in [-0.3, -0.25) is 4.79 Å². The van der Waals surface area contributed by atoms with Crippen molar-refractivity contribution in [2.45, 2.75) is 10.3 Å². The van der Waals surface area contributed by atoms with Crippen molar-refractivity contribution in [3.05, 3.63) is 23.3 Å². The monoisotopic (exact) mass is 318 g/mol. The van der Waals surface area contributed by atoms with Gasteiger partial charge in [-0.25, -0.2) is 0 Å². The van der Waals surface area contributed by atoms with Gasteiger partial charge in [-0.1, -0.05) is 22.6 Å².